The van der Waals surface area contributed by atoms with Crippen molar-refractivity contribution >= 4 is 22.0 Å². The van der Waals surface area contributed by atoms with Crippen LogP contribution in [-0.2, 0) is 21.3 Å². The summed E-state index contributed by atoms with van der Waals surface area (Å²) in [7, 11) is 1.34. The Morgan fingerprint density at radius 3 is 2.92 bits per heavy atom. The maximum Gasteiger partial charge on any atom is 0.406 e. The Morgan fingerprint density at radius 1 is 1.38 bits per heavy atom. The third kappa shape index (κ3) is 4.24. The van der Waals surface area contributed by atoms with E-state index in [1.165, 1.54) is 7.11 Å². The number of hydrogen-bond donors (Lipinski definition) is 1. The highest BCUT2D eigenvalue weighted by molar-refractivity contribution is 9.10. The van der Waals surface area contributed by atoms with E-state index in [1.54, 1.807) is 0 Å². The summed E-state index contributed by atoms with van der Waals surface area (Å²) in [6, 6.07) is 8.25. The predicted molar refractivity (Wildman–Crippen MR) is 98.0 cm³/mol. The number of aryl methyl sites for hydroxylation is 1. The molecule has 1 aliphatic rings. The van der Waals surface area contributed by atoms with Gasteiger partial charge in [0.25, 0.3) is 0 Å². The Bertz CT molecular complexity index is 744. The van der Waals surface area contributed by atoms with Gasteiger partial charge in [-0.1, -0.05) is 33.2 Å². The SMILES string of the molecule is COC(=O)NCCCc1nc(C2(c3cccc(Br)c3)CCOCC2)no1. The molecule has 1 aliphatic heterocycles. The Labute approximate surface area is 160 Å². The zero-order valence-electron chi connectivity index (χ0n) is 14.7. The van der Waals surface area contributed by atoms with Crippen molar-refractivity contribution in [1.29, 1.82) is 0 Å². The van der Waals surface area contributed by atoms with E-state index in [9.17, 15) is 4.79 Å². The van der Waals surface area contributed by atoms with Gasteiger partial charge in [0.2, 0.25) is 5.89 Å². The quantitative estimate of drug-likeness (QED) is 0.717. The summed E-state index contributed by atoms with van der Waals surface area (Å²) in [4.78, 5) is 15.7. The highest BCUT2D eigenvalue weighted by Gasteiger charge is 2.40. The lowest BCUT2D eigenvalue weighted by Crippen LogP contribution is -2.36. The van der Waals surface area contributed by atoms with Crippen molar-refractivity contribution in [2.45, 2.75) is 31.1 Å². The Kier molecular flexibility index (Phi) is 6.26. The smallest absolute Gasteiger partial charge is 0.406 e. The van der Waals surface area contributed by atoms with Crippen molar-refractivity contribution in [3.05, 3.63) is 46.0 Å². The van der Waals surface area contributed by atoms with E-state index in [1.807, 2.05) is 12.1 Å². The monoisotopic (exact) mass is 423 g/mol. The van der Waals surface area contributed by atoms with Crippen LogP contribution in [0.3, 0.4) is 0 Å². The van der Waals surface area contributed by atoms with Crippen molar-refractivity contribution in [3.8, 4) is 0 Å². The van der Waals surface area contributed by atoms with E-state index in [0.717, 1.165) is 22.9 Å². The van der Waals surface area contributed by atoms with Gasteiger partial charge >= 0.3 is 6.09 Å². The number of carbonyl (C=O) groups is 1. The largest absolute Gasteiger partial charge is 0.453 e. The zero-order chi connectivity index (χ0) is 18.4. The summed E-state index contributed by atoms with van der Waals surface area (Å²) < 4.78 is 16.6. The summed E-state index contributed by atoms with van der Waals surface area (Å²) >= 11 is 3.55. The third-order valence-electron chi connectivity index (χ3n) is 4.64. The van der Waals surface area contributed by atoms with Crippen LogP contribution in [0, 0.1) is 0 Å². The average Bonchev–Trinajstić information content (AvgIpc) is 3.15. The van der Waals surface area contributed by atoms with E-state index >= 15 is 0 Å². The second kappa shape index (κ2) is 8.64. The second-order valence-corrected chi connectivity index (χ2v) is 7.15. The molecule has 2 heterocycles. The maximum absolute atomic E-state index is 11.1. The van der Waals surface area contributed by atoms with Gasteiger partial charge < -0.3 is 19.3 Å². The third-order valence-corrected chi connectivity index (χ3v) is 5.14. The minimum absolute atomic E-state index is 0.298. The Hall–Kier alpha value is -1.93. The predicted octanol–water partition coefficient (Wildman–Crippen LogP) is 3.22. The minimum Gasteiger partial charge on any atom is -0.453 e. The number of halogens is 1. The molecule has 1 fully saturated rings. The standard InChI is InChI=1S/C18H22BrN3O4/c1-24-17(23)20-9-3-6-15-21-16(22-26-15)18(7-10-25-11-8-18)13-4-2-5-14(19)12-13/h2,4-5,12H,3,6-11H2,1H3,(H,20,23). The topological polar surface area (TPSA) is 86.5 Å². The van der Waals surface area contributed by atoms with Crippen LogP contribution in [-0.4, -0.2) is 43.1 Å². The molecule has 0 unspecified atom stereocenters. The van der Waals surface area contributed by atoms with Crippen LogP contribution in [0.4, 0.5) is 4.79 Å². The second-order valence-electron chi connectivity index (χ2n) is 6.24. The van der Waals surface area contributed by atoms with E-state index in [4.69, 9.17) is 9.26 Å². The number of benzene rings is 1. The molecule has 1 aromatic heterocycles. The number of ether oxygens (including phenoxy) is 2. The van der Waals surface area contributed by atoms with E-state index in [0.29, 0.717) is 44.3 Å². The Balaban J connectivity index is 1.74. The van der Waals surface area contributed by atoms with E-state index < -0.39 is 6.09 Å². The first kappa shape index (κ1) is 18.8. The number of rotatable bonds is 6. The van der Waals surface area contributed by atoms with Gasteiger partial charge in [-0.2, -0.15) is 4.98 Å². The lowest BCUT2D eigenvalue weighted by Gasteiger charge is -2.35. The van der Waals surface area contributed by atoms with Crippen LogP contribution in [0.2, 0.25) is 0 Å². The number of hydrogen-bond acceptors (Lipinski definition) is 6. The van der Waals surface area contributed by atoms with Crippen LogP contribution in [0.25, 0.3) is 0 Å². The first-order valence-corrected chi connectivity index (χ1v) is 9.42. The molecule has 140 valence electrons. The Morgan fingerprint density at radius 2 is 2.19 bits per heavy atom. The van der Waals surface area contributed by atoms with Gasteiger partial charge in [-0.05, 0) is 37.0 Å². The first-order chi connectivity index (χ1) is 12.6. The van der Waals surface area contributed by atoms with Gasteiger partial charge in [0.05, 0.1) is 12.5 Å². The van der Waals surface area contributed by atoms with E-state index in [2.05, 4.69) is 48.3 Å². The number of methoxy groups -OCH3 is 1. The minimum atomic E-state index is -0.438. The molecule has 0 saturated carbocycles. The van der Waals surface area contributed by atoms with Crippen molar-refractivity contribution < 1.29 is 18.8 Å². The molecule has 8 heteroatoms. The molecule has 3 rings (SSSR count). The number of nitrogens with zero attached hydrogens (tertiary/aromatic N) is 2. The van der Waals surface area contributed by atoms with Crippen LogP contribution in [0.1, 0.15) is 36.5 Å². The van der Waals surface area contributed by atoms with Crippen molar-refractivity contribution in [1.82, 2.24) is 15.5 Å². The van der Waals surface area contributed by atoms with Crippen molar-refractivity contribution in [3.63, 3.8) is 0 Å². The molecule has 2 aromatic rings. The van der Waals surface area contributed by atoms with Gasteiger partial charge in [0.15, 0.2) is 5.82 Å². The number of aromatic nitrogens is 2. The molecule has 0 bridgehead atoms. The first-order valence-electron chi connectivity index (χ1n) is 8.63. The number of nitrogens with one attached hydrogen (secondary N) is 1. The zero-order valence-corrected chi connectivity index (χ0v) is 16.3. The molecule has 0 radical (unpaired) electrons. The van der Waals surface area contributed by atoms with E-state index in [-0.39, 0.29) is 5.41 Å². The molecule has 1 amide bonds. The van der Waals surface area contributed by atoms with Crippen LogP contribution < -0.4 is 5.32 Å². The van der Waals surface area contributed by atoms with Gasteiger partial charge in [0, 0.05) is 30.7 Å². The number of carbonyl (C=O) groups excluding carboxylic acids is 1. The molecular weight excluding hydrogens is 402 g/mol. The summed E-state index contributed by atoms with van der Waals surface area (Å²) in [5.74, 6) is 1.28. The van der Waals surface area contributed by atoms with Gasteiger partial charge in [-0.15, -0.1) is 0 Å². The summed E-state index contributed by atoms with van der Waals surface area (Å²) in [5, 5.41) is 6.92. The molecule has 1 aromatic carbocycles. The summed E-state index contributed by atoms with van der Waals surface area (Å²) in [5.41, 5.74) is 0.864. The van der Waals surface area contributed by atoms with Crippen molar-refractivity contribution in [2.75, 3.05) is 26.9 Å². The van der Waals surface area contributed by atoms with Crippen molar-refractivity contribution in [2.24, 2.45) is 0 Å². The lowest BCUT2D eigenvalue weighted by atomic mass is 9.73. The summed E-state index contributed by atoms with van der Waals surface area (Å²) in [6.45, 7) is 1.83. The molecule has 0 atom stereocenters. The highest BCUT2D eigenvalue weighted by Crippen LogP contribution is 2.40. The average molecular weight is 424 g/mol. The van der Waals surface area contributed by atoms with Gasteiger partial charge in [0.1, 0.15) is 0 Å². The fourth-order valence-corrected chi connectivity index (χ4v) is 3.60. The number of amides is 1. The molecule has 1 N–H and O–H groups in total. The molecule has 1 saturated heterocycles. The number of alkyl carbamates (subject to hydrolysis) is 1. The fourth-order valence-electron chi connectivity index (χ4n) is 3.20. The molecular formula is C18H22BrN3O4. The highest BCUT2D eigenvalue weighted by atomic mass is 79.9. The fraction of sp³-hybridized carbons (Fsp3) is 0.500. The molecule has 26 heavy (non-hydrogen) atoms. The van der Waals surface area contributed by atoms with Crippen LogP contribution in [0.5, 0.6) is 0 Å². The summed E-state index contributed by atoms with van der Waals surface area (Å²) in [6.07, 6.45) is 2.48. The van der Waals surface area contributed by atoms with Gasteiger partial charge in [-0.3, -0.25) is 0 Å². The lowest BCUT2D eigenvalue weighted by molar-refractivity contribution is 0.0597. The molecule has 0 spiro atoms. The van der Waals surface area contributed by atoms with Crippen LogP contribution in [0.15, 0.2) is 33.3 Å². The molecule has 0 aliphatic carbocycles. The van der Waals surface area contributed by atoms with Gasteiger partial charge in [-0.25, -0.2) is 4.79 Å². The maximum atomic E-state index is 11.1. The normalized spacial score (nSPS) is 16.2. The van der Waals surface area contributed by atoms with Crippen LogP contribution >= 0.6 is 15.9 Å². The molecule has 7 nitrogen and oxygen atoms in total.